The average Bonchev–Trinajstić information content (AvgIpc) is 3.51. The molecule has 5 heterocycles. The molecule has 0 saturated carbocycles. The summed E-state index contributed by atoms with van der Waals surface area (Å²) < 4.78 is 7.10. The fourth-order valence-corrected chi connectivity index (χ4v) is 3.78. The highest BCUT2D eigenvalue weighted by atomic mass is 16.5. The number of likely N-dealkylation sites (N-methyl/N-ethyl adjacent to an activating group) is 2. The zero-order chi connectivity index (χ0) is 24.2. The molecule has 0 unspecified atom stereocenters. The van der Waals surface area contributed by atoms with E-state index in [-0.39, 0.29) is 0 Å². The maximum absolute atomic E-state index is 5.10. The van der Waals surface area contributed by atoms with E-state index in [0.717, 1.165) is 39.4 Å². The molecule has 194 valence electrons. The molecule has 33 heavy (non-hydrogen) atoms. The van der Waals surface area contributed by atoms with Gasteiger partial charge < -0.3 is 34.2 Å². The van der Waals surface area contributed by atoms with Gasteiger partial charge in [-0.2, -0.15) is 0 Å². The highest BCUT2D eigenvalue weighted by Crippen LogP contribution is 2.04. The number of hydrogen-bond acceptors (Lipinski definition) is 6. The molecule has 0 radical (unpaired) electrons. The Bertz CT molecular complexity index is 465. The van der Waals surface area contributed by atoms with Crippen molar-refractivity contribution in [3.05, 3.63) is 24.5 Å². The number of ether oxygens (including phenoxy) is 1. The second kappa shape index (κ2) is 20.4. The maximum Gasteiger partial charge on any atom is 0.0594 e. The molecule has 7 nitrogen and oxygen atoms in total. The SMILES string of the molecule is CN1CCCC1.CN1CCCCC1.CN1CCNCC1.CN1CCOCC1.Cn1cccc1. The minimum atomic E-state index is 0.913. The summed E-state index contributed by atoms with van der Waals surface area (Å²) in [6.45, 7) is 14.0. The van der Waals surface area contributed by atoms with Crippen molar-refractivity contribution in [2.75, 3.05) is 107 Å². The number of aromatic nitrogens is 1. The number of piperidine rings is 1. The second-order valence-corrected chi connectivity index (χ2v) is 9.69. The molecule has 0 bridgehead atoms. The molecular formula is C26H54N6O. The Morgan fingerprint density at radius 3 is 1.12 bits per heavy atom. The van der Waals surface area contributed by atoms with Gasteiger partial charge in [-0.3, -0.25) is 0 Å². The third-order valence-corrected chi connectivity index (χ3v) is 6.24. The van der Waals surface area contributed by atoms with Crippen LogP contribution in [0.4, 0.5) is 0 Å². The third kappa shape index (κ3) is 19.1. The Balaban J connectivity index is 0.000000207. The van der Waals surface area contributed by atoms with Gasteiger partial charge in [-0.05, 0) is 92.2 Å². The molecule has 1 aromatic heterocycles. The van der Waals surface area contributed by atoms with Gasteiger partial charge in [0.1, 0.15) is 0 Å². The molecule has 4 saturated heterocycles. The Morgan fingerprint density at radius 2 is 0.909 bits per heavy atom. The lowest BCUT2D eigenvalue weighted by Crippen LogP contribution is -2.40. The van der Waals surface area contributed by atoms with E-state index in [1.54, 1.807) is 0 Å². The molecule has 1 aromatic rings. The summed E-state index contributed by atoms with van der Waals surface area (Å²) in [5, 5.41) is 3.27. The first-order valence-electron chi connectivity index (χ1n) is 13.1. The predicted octanol–water partition coefficient (Wildman–Crippen LogP) is 2.31. The minimum Gasteiger partial charge on any atom is -0.379 e. The Kier molecular flexibility index (Phi) is 18.6. The quantitative estimate of drug-likeness (QED) is 0.633. The zero-order valence-electron chi connectivity index (χ0n) is 22.5. The van der Waals surface area contributed by atoms with E-state index in [0.29, 0.717) is 0 Å². The van der Waals surface area contributed by atoms with E-state index in [1.807, 2.05) is 36.1 Å². The standard InChI is InChI=1S/C6H13N.C5H12N2.C5H11NO.C5H11N.C5H7N/c1-7-5-3-2-4-6-7;1-7-4-2-6-3-5-7;1-6-2-4-7-5-3-6;2*1-6-4-2-3-5-6/h2-6H2,1H3;6H,2-5H2,1H3;2-5H2,1H3;2-5H2,1H3;2-5H,1H3. The Hall–Kier alpha value is -0.960. The smallest absolute Gasteiger partial charge is 0.0594 e. The number of morpholine rings is 1. The molecular weight excluding hydrogens is 412 g/mol. The lowest BCUT2D eigenvalue weighted by Gasteiger charge is -2.21. The normalized spacial score (nSPS) is 22.3. The van der Waals surface area contributed by atoms with E-state index in [1.165, 1.54) is 71.4 Å². The molecule has 0 atom stereocenters. The monoisotopic (exact) mass is 466 g/mol. The lowest BCUT2D eigenvalue weighted by molar-refractivity contribution is 0.0503. The van der Waals surface area contributed by atoms with Crippen LogP contribution in [-0.2, 0) is 11.8 Å². The van der Waals surface area contributed by atoms with Gasteiger partial charge in [-0.15, -0.1) is 0 Å². The summed E-state index contributed by atoms with van der Waals surface area (Å²) in [5.41, 5.74) is 0. The molecule has 4 aliphatic rings. The molecule has 4 fully saturated rings. The highest BCUT2D eigenvalue weighted by molar-refractivity contribution is 4.88. The van der Waals surface area contributed by atoms with Crippen LogP contribution in [0.2, 0.25) is 0 Å². The molecule has 0 aromatic carbocycles. The highest BCUT2D eigenvalue weighted by Gasteiger charge is 2.04. The number of nitrogens with zero attached hydrogens (tertiary/aromatic N) is 5. The summed E-state index contributed by atoms with van der Waals surface area (Å²) in [5.74, 6) is 0. The number of nitrogens with one attached hydrogen (secondary N) is 1. The summed E-state index contributed by atoms with van der Waals surface area (Å²) >= 11 is 0. The molecule has 0 aliphatic carbocycles. The summed E-state index contributed by atoms with van der Waals surface area (Å²) in [7, 11) is 10.6. The van der Waals surface area contributed by atoms with Crippen molar-refractivity contribution in [2.24, 2.45) is 7.05 Å². The summed E-state index contributed by atoms with van der Waals surface area (Å²) in [4.78, 5) is 9.35. The topological polar surface area (TPSA) is 39.1 Å². The van der Waals surface area contributed by atoms with Crippen LogP contribution in [0.5, 0.6) is 0 Å². The fourth-order valence-electron chi connectivity index (χ4n) is 3.78. The molecule has 4 aliphatic heterocycles. The van der Waals surface area contributed by atoms with Crippen molar-refractivity contribution >= 4 is 0 Å². The van der Waals surface area contributed by atoms with Crippen LogP contribution >= 0.6 is 0 Å². The summed E-state index contributed by atoms with van der Waals surface area (Å²) in [6, 6.07) is 4.00. The number of piperazine rings is 1. The van der Waals surface area contributed by atoms with Crippen molar-refractivity contribution in [3.8, 4) is 0 Å². The number of rotatable bonds is 0. The van der Waals surface area contributed by atoms with Crippen molar-refractivity contribution in [2.45, 2.75) is 32.1 Å². The van der Waals surface area contributed by atoms with Gasteiger partial charge in [-0.25, -0.2) is 0 Å². The molecule has 0 spiro atoms. The number of likely N-dealkylation sites (tertiary alicyclic amines) is 2. The zero-order valence-corrected chi connectivity index (χ0v) is 22.5. The molecule has 7 heteroatoms. The number of hydrogen-bond donors (Lipinski definition) is 1. The maximum atomic E-state index is 5.10. The Morgan fingerprint density at radius 1 is 0.515 bits per heavy atom. The number of aryl methyl sites for hydroxylation is 1. The van der Waals surface area contributed by atoms with Crippen LogP contribution in [-0.4, -0.2) is 131 Å². The fraction of sp³-hybridized carbons (Fsp3) is 0.846. The Labute approximate surface area is 205 Å². The average molecular weight is 467 g/mol. The van der Waals surface area contributed by atoms with Gasteiger partial charge in [0.2, 0.25) is 0 Å². The second-order valence-electron chi connectivity index (χ2n) is 9.69. The van der Waals surface area contributed by atoms with Crippen molar-refractivity contribution < 1.29 is 4.74 Å². The molecule has 5 rings (SSSR count). The van der Waals surface area contributed by atoms with E-state index >= 15 is 0 Å². The van der Waals surface area contributed by atoms with Crippen molar-refractivity contribution in [3.63, 3.8) is 0 Å². The van der Waals surface area contributed by atoms with Gasteiger partial charge in [-0.1, -0.05) is 6.42 Å². The van der Waals surface area contributed by atoms with Crippen molar-refractivity contribution in [1.82, 2.24) is 29.5 Å². The molecule has 0 amide bonds. The van der Waals surface area contributed by atoms with Crippen LogP contribution in [0.3, 0.4) is 0 Å². The molecule has 1 N–H and O–H groups in total. The van der Waals surface area contributed by atoms with Crippen molar-refractivity contribution in [1.29, 1.82) is 0 Å². The van der Waals surface area contributed by atoms with Gasteiger partial charge in [0.15, 0.2) is 0 Å². The van der Waals surface area contributed by atoms with Gasteiger partial charge >= 0.3 is 0 Å². The van der Waals surface area contributed by atoms with E-state index in [2.05, 4.69) is 53.1 Å². The van der Waals surface area contributed by atoms with Crippen LogP contribution in [0.25, 0.3) is 0 Å². The largest absolute Gasteiger partial charge is 0.379 e. The first kappa shape index (κ1) is 30.1. The van der Waals surface area contributed by atoms with E-state index in [9.17, 15) is 0 Å². The van der Waals surface area contributed by atoms with Gasteiger partial charge in [0.25, 0.3) is 0 Å². The van der Waals surface area contributed by atoms with Gasteiger partial charge in [0.05, 0.1) is 13.2 Å². The van der Waals surface area contributed by atoms with Crippen LogP contribution in [0.1, 0.15) is 32.1 Å². The first-order valence-corrected chi connectivity index (χ1v) is 13.1. The van der Waals surface area contributed by atoms with Gasteiger partial charge in [0, 0.05) is 58.7 Å². The van der Waals surface area contributed by atoms with Crippen LogP contribution in [0.15, 0.2) is 24.5 Å². The predicted molar refractivity (Wildman–Crippen MR) is 142 cm³/mol. The third-order valence-electron chi connectivity index (χ3n) is 6.24. The lowest BCUT2D eigenvalue weighted by atomic mass is 10.1. The minimum absolute atomic E-state index is 0.913. The van der Waals surface area contributed by atoms with Crippen LogP contribution in [0, 0.1) is 0 Å². The van der Waals surface area contributed by atoms with Crippen LogP contribution < -0.4 is 5.32 Å². The van der Waals surface area contributed by atoms with E-state index < -0.39 is 0 Å². The summed E-state index contributed by atoms with van der Waals surface area (Å²) in [6.07, 6.45) is 11.1. The van der Waals surface area contributed by atoms with E-state index in [4.69, 9.17) is 4.74 Å². The first-order chi connectivity index (χ1) is 16.0.